The minimum absolute atomic E-state index is 0.906. The number of aryl methyl sites for hydroxylation is 2. The smallest absolute Gasteiger partial charge is 0.475 e. The molecule has 0 amide bonds. The van der Waals surface area contributed by atoms with Crippen LogP contribution in [0.1, 0.15) is 10.4 Å². The van der Waals surface area contributed by atoms with Crippen molar-refractivity contribution < 1.29 is 46.1 Å². The Balaban J connectivity index is 0.000000289. The van der Waals surface area contributed by atoms with E-state index >= 15 is 0 Å². The molecule has 2 N–H and O–H groups in total. The Labute approximate surface area is 238 Å². The molecule has 0 aliphatic carbocycles. The maximum atomic E-state index is 10.6. The molecular formula is C24H25F6N7O4S. The fourth-order valence-corrected chi connectivity index (χ4v) is 4.73. The van der Waals surface area contributed by atoms with E-state index in [2.05, 4.69) is 47.6 Å². The summed E-state index contributed by atoms with van der Waals surface area (Å²) >= 11 is 1.86. The van der Waals surface area contributed by atoms with Gasteiger partial charge in [-0.25, -0.2) is 19.6 Å². The number of rotatable bonds is 4. The molecule has 5 heterocycles. The number of aromatic nitrogens is 5. The molecule has 1 aliphatic heterocycles. The molecule has 4 aromatic heterocycles. The number of carboxylic acid groups (broad SMARTS) is 2. The highest BCUT2D eigenvalue weighted by Crippen LogP contribution is 2.26. The van der Waals surface area contributed by atoms with Crippen molar-refractivity contribution in [2.24, 2.45) is 7.05 Å². The van der Waals surface area contributed by atoms with Crippen LogP contribution in [-0.2, 0) is 23.2 Å². The van der Waals surface area contributed by atoms with E-state index in [9.17, 15) is 26.3 Å². The number of thiophene rings is 1. The van der Waals surface area contributed by atoms with Gasteiger partial charge in [0.1, 0.15) is 0 Å². The Morgan fingerprint density at radius 2 is 1.57 bits per heavy atom. The van der Waals surface area contributed by atoms with Gasteiger partial charge in [0, 0.05) is 68.8 Å². The zero-order chi connectivity index (χ0) is 31.2. The average molecular weight is 622 g/mol. The Morgan fingerprint density at radius 3 is 2.05 bits per heavy atom. The number of carboxylic acids is 2. The number of carbonyl (C=O) groups is 2. The largest absolute Gasteiger partial charge is 0.490 e. The first kappa shape index (κ1) is 32.3. The molecule has 42 heavy (non-hydrogen) atoms. The molecule has 0 atom stereocenters. The van der Waals surface area contributed by atoms with Crippen LogP contribution in [-0.4, -0.2) is 89.7 Å². The van der Waals surface area contributed by atoms with E-state index in [1.54, 1.807) is 0 Å². The van der Waals surface area contributed by atoms with Gasteiger partial charge in [-0.15, -0.1) is 11.3 Å². The van der Waals surface area contributed by atoms with Crippen molar-refractivity contribution in [1.29, 1.82) is 0 Å². The van der Waals surface area contributed by atoms with Crippen molar-refractivity contribution in [3.63, 3.8) is 0 Å². The van der Waals surface area contributed by atoms with Crippen LogP contribution < -0.4 is 4.90 Å². The Hall–Kier alpha value is -4.19. The second kappa shape index (κ2) is 13.2. The fourth-order valence-electron chi connectivity index (χ4n) is 3.78. The molecule has 228 valence electrons. The van der Waals surface area contributed by atoms with Gasteiger partial charge in [-0.2, -0.15) is 31.4 Å². The van der Waals surface area contributed by atoms with E-state index in [1.165, 1.54) is 10.4 Å². The minimum Gasteiger partial charge on any atom is -0.475 e. The zero-order valence-electron chi connectivity index (χ0n) is 22.1. The van der Waals surface area contributed by atoms with E-state index < -0.39 is 24.3 Å². The summed E-state index contributed by atoms with van der Waals surface area (Å²) in [5, 5.41) is 20.7. The lowest BCUT2D eigenvalue weighted by Gasteiger charge is -2.35. The summed E-state index contributed by atoms with van der Waals surface area (Å²) in [6, 6.07) is 2.21. The fraction of sp³-hybridized carbons (Fsp3) is 0.375. The zero-order valence-corrected chi connectivity index (χ0v) is 22.9. The lowest BCUT2D eigenvalue weighted by molar-refractivity contribution is -0.193. The molecule has 1 aliphatic rings. The van der Waals surface area contributed by atoms with Crippen LogP contribution in [0.25, 0.3) is 16.9 Å². The van der Waals surface area contributed by atoms with Gasteiger partial charge >= 0.3 is 24.3 Å². The first-order valence-corrected chi connectivity index (χ1v) is 12.9. The molecule has 5 rings (SSSR count). The predicted octanol–water partition coefficient (Wildman–Crippen LogP) is 4.09. The van der Waals surface area contributed by atoms with Crippen LogP contribution >= 0.6 is 11.3 Å². The molecule has 1 fully saturated rings. The van der Waals surface area contributed by atoms with Gasteiger partial charge in [-0.1, -0.05) is 0 Å². The topological polar surface area (TPSA) is 129 Å². The summed E-state index contributed by atoms with van der Waals surface area (Å²) in [5.74, 6) is -4.55. The molecular weight excluding hydrogens is 596 g/mol. The number of alkyl halides is 6. The Morgan fingerprint density at radius 1 is 0.976 bits per heavy atom. The van der Waals surface area contributed by atoms with Crippen LogP contribution in [0.5, 0.6) is 0 Å². The number of hydrogen-bond donors (Lipinski definition) is 2. The van der Waals surface area contributed by atoms with E-state index in [1.807, 2.05) is 54.1 Å². The monoisotopic (exact) mass is 621 g/mol. The van der Waals surface area contributed by atoms with Gasteiger partial charge in [0.2, 0.25) is 0 Å². The van der Waals surface area contributed by atoms with Crippen LogP contribution in [0.4, 0.5) is 32.2 Å². The standard InChI is InChI=1S/C20H23N7S.2C2HF3O2/c1-15-3-10-28-18(15)14-25-6-8-26(9-7-25)19-20-22-12-17(27(20)5-4-21-19)16-11-23-24(2)13-16;2*3-2(4,5)1(6)7/h3-5,10-13H,6-9,14H2,1-2H3;2*(H,6,7). The SMILES string of the molecule is Cc1ccsc1CN1CCN(c2nccn3c(-c4cnn(C)c4)cnc23)CC1.O=C(O)C(F)(F)F.O=C(O)C(F)(F)F. The quantitative estimate of drug-likeness (QED) is 0.324. The normalized spacial score (nSPS) is 14.1. The molecule has 18 heteroatoms. The van der Waals surface area contributed by atoms with E-state index in [0.717, 1.165) is 55.4 Å². The van der Waals surface area contributed by atoms with Crippen molar-refractivity contribution in [2.75, 3.05) is 31.1 Å². The van der Waals surface area contributed by atoms with Crippen LogP contribution in [0, 0.1) is 6.92 Å². The van der Waals surface area contributed by atoms with Gasteiger partial charge in [0.25, 0.3) is 0 Å². The lowest BCUT2D eigenvalue weighted by Crippen LogP contribution is -2.46. The highest BCUT2D eigenvalue weighted by molar-refractivity contribution is 7.10. The Kier molecular flexibility index (Phi) is 10.2. The number of piperazine rings is 1. The van der Waals surface area contributed by atoms with Crippen molar-refractivity contribution in [2.45, 2.75) is 25.8 Å². The lowest BCUT2D eigenvalue weighted by atomic mass is 10.2. The van der Waals surface area contributed by atoms with Gasteiger partial charge in [-0.3, -0.25) is 14.0 Å². The second-order valence-electron chi connectivity index (χ2n) is 8.89. The highest BCUT2D eigenvalue weighted by Gasteiger charge is 2.38. The molecule has 0 aromatic carbocycles. The number of hydrogen-bond acceptors (Lipinski definition) is 8. The number of halogens is 6. The summed E-state index contributed by atoms with van der Waals surface area (Å²) in [6.07, 6.45) is -0.535. The van der Waals surface area contributed by atoms with Crippen LogP contribution in [0.2, 0.25) is 0 Å². The summed E-state index contributed by atoms with van der Waals surface area (Å²) in [7, 11) is 1.93. The average Bonchev–Trinajstić information content (AvgIpc) is 3.64. The summed E-state index contributed by atoms with van der Waals surface area (Å²) in [4.78, 5) is 33.5. The number of fused-ring (bicyclic) bond motifs is 1. The minimum atomic E-state index is -5.08. The van der Waals surface area contributed by atoms with Crippen LogP contribution in [0.15, 0.2) is 42.4 Å². The second-order valence-corrected chi connectivity index (χ2v) is 9.89. The first-order valence-electron chi connectivity index (χ1n) is 12.0. The predicted molar refractivity (Wildman–Crippen MR) is 139 cm³/mol. The number of imidazole rings is 1. The third-order valence-electron chi connectivity index (χ3n) is 5.90. The summed E-state index contributed by atoms with van der Waals surface area (Å²) in [6.45, 7) is 7.25. The molecule has 0 unspecified atom stereocenters. The molecule has 0 radical (unpaired) electrons. The van der Waals surface area contributed by atoms with E-state index in [4.69, 9.17) is 19.8 Å². The third-order valence-corrected chi connectivity index (χ3v) is 6.91. The van der Waals surface area contributed by atoms with Crippen molar-refractivity contribution >= 4 is 34.7 Å². The van der Waals surface area contributed by atoms with Gasteiger partial charge in [0.15, 0.2) is 11.5 Å². The number of aliphatic carboxylic acids is 2. The molecule has 1 saturated heterocycles. The van der Waals surface area contributed by atoms with E-state index in [0.29, 0.717) is 0 Å². The number of nitrogens with zero attached hydrogens (tertiary/aromatic N) is 7. The number of anilines is 1. The maximum absolute atomic E-state index is 10.6. The van der Waals surface area contributed by atoms with Gasteiger partial charge < -0.3 is 15.1 Å². The molecule has 0 spiro atoms. The third kappa shape index (κ3) is 8.41. The maximum Gasteiger partial charge on any atom is 0.490 e. The van der Waals surface area contributed by atoms with Gasteiger partial charge in [0.05, 0.1) is 18.1 Å². The molecule has 0 saturated carbocycles. The first-order chi connectivity index (χ1) is 19.6. The highest BCUT2D eigenvalue weighted by atomic mass is 32.1. The molecule has 4 aromatic rings. The molecule has 11 nitrogen and oxygen atoms in total. The Bertz CT molecular complexity index is 1480. The van der Waals surface area contributed by atoms with Crippen LogP contribution in [0.3, 0.4) is 0 Å². The summed E-state index contributed by atoms with van der Waals surface area (Å²) < 4.78 is 67.4. The van der Waals surface area contributed by atoms with E-state index in [-0.39, 0.29) is 0 Å². The molecule has 0 bridgehead atoms. The van der Waals surface area contributed by atoms with Crippen molar-refractivity contribution in [3.8, 4) is 11.3 Å². The summed E-state index contributed by atoms with van der Waals surface area (Å²) in [5.41, 5.74) is 4.41. The van der Waals surface area contributed by atoms with Gasteiger partial charge in [-0.05, 0) is 23.9 Å². The van der Waals surface area contributed by atoms with Crippen molar-refractivity contribution in [1.82, 2.24) is 29.0 Å². The van der Waals surface area contributed by atoms with Crippen molar-refractivity contribution in [3.05, 3.63) is 52.9 Å².